The molecular formula is C34H40N4O4. The number of hydrogen-bond donors (Lipinski definition) is 2. The van der Waals surface area contributed by atoms with Crippen molar-refractivity contribution < 1.29 is 19.1 Å². The van der Waals surface area contributed by atoms with E-state index >= 15 is 0 Å². The molecule has 0 aromatic heterocycles. The summed E-state index contributed by atoms with van der Waals surface area (Å²) in [4.78, 5) is 38.1. The first-order valence-electron chi connectivity index (χ1n) is 14.7. The molecule has 0 bridgehead atoms. The second-order valence-corrected chi connectivity index (χ2v) is 10.8. The summed E-state index contributed by atoms with van der Waals surface area (Å²) in [5, 5.41) is 11.1. The van der Waals surface area contributed by atoms with E-state index < -0.39 is 5.91 Å². The molecule has 0 radical (unpaired) electrons. The first-order chi connectivity index (χ1) is 20.3. The van der Waals surface area contributed by atoms with E-state index in [1.54, 1.807) is 36.4 Å². The molecule has 1 heterocycles. The number of anilines is 2. The molecule has 3 amide bonds. The first kappa shape index (κ1) is 30.5. The minimum absolute atomic E-state index is 0.00818. The fourth-order valence-corrected chi connectivity index (χ4v) is 5.13. The highest BCUT2D eigenvalue weighted by atomic mass is 16.5. The van der Waals surface area contributed by atoms with E-state index in [0.29, 0.717) is 28.8 Å². The lowest BCUT2D eigenvalue weighted by atomic mass is 9.89. The number of benzene rings is 3. The van der Waals surface area contributed by atoms with Crippen LogP contribution < -0.4 is 20.4 Å². The molecule has 0 saturated carbocycles. The molecule has 4 rings (SSSR count). The summed E-state index contributed by atoms with van der Waals surface area (Å²) >= 11 is 0. The number of carbonyl (C=O) groups is 3. The smallest absolute Gasteiger partial charge is 0.262 e. The van der Waals surface area contributed by atoms with E-state index in [-0.39, 0.29) is 30.7 Å². The molecule has 8 heteroatoms. The molecule has 3 aromatic carbocycles. The number of rotatable bonds is 12. The number of ether oxygens (including phenoxy) is 1. The largest absolute Gasteiger partial charge is 0.483 e. The number of nitrogens with zero attached hydrogens (tertiary/aromatic N) is 2. The molecule has 1 aliphatic rings. The van der Waals surface area contributed by atoms with E-state index in [1.165, 1.54) is 10.6 Å². The predicted molar refractivity (Wildman–Crippen MR) is 167 cm³/mol. The average molecular weight is 569 g/mol. The summed E-state index contributed by atoms with van der Waals surface area (Å²) in [6.07, 6.45) is 4.34. The lowest BCUT2D eigenvalue weighted by molar-refractivity contribution is -0.118. The Morgan fingerprint density at radius 2 is 1.64 bits per heavy atom. The normalized spacial score (nSPS) is 14.2. The number of hydrogen-bond acceptors (Lipinski definition) is 5. The van der Waals surface area contributed by atoms with Gasteiger partial charge >= 0.3 is 0 Å². The van der Waals surface area contributed by atoms with Crippen molar-refractivity contribution in [3.8, 4) is 5.75 Å². The molecule has 42 heavy (non-hydrogen) atoms. The van der Waals surface area contributed by atoms with Gasteiger partial charge in [0.1, 0.15) is 11.6 Å². The zero-order chi connectivity index (χ0) is 30.1. The maximum atomic E-state index is 12.9. The topological polar surface area (TPSA) is 100 Å². The third-order valence-electron chi connectivity index (χ3n) is 7.38. The van der Waals surface area contributed by atoms with Gasteiger partial charge in [0.05, 0.1) is 12.1 Å². The Hall–Kier alpha value is -4.46. The van der Waals surface area contributed by atoms with Crippen LogP contribution in [0, 0.1) is 0 Å². The van der Waals surface area contributed by atoms with E-state index in [0.717, 1.165) is 37.0 Å². The molecular weight excluding hydrogens is 528 g/mol. The van der Waals surface area contributed by atoms with Crippen LogP contribution in [0.1, 0.15) is 93.1 Å². The third-order valence-corrected chi connectivity index (χ3v) is 7.38. The molecule has 0 spiro atoms. The fourth-order valence-electron chi connectivity index (χ4n) is 5.13. The lowest BCUT2D eigenvalue weighted by Gasteiger charge is -2.20. The van der Waals surface area contributed by atoms with Crippen molar-refractivity contribution >= 4 is 34.9 Å². The number of amides is 3. The quantitative estimate of drug-likeness (QED) is 0.246. The van der Waals surface area contributed by atoms with Gasteiger partial charge in [0.25, 0.3) is 17.7 Å². The number of nitrogens with one attached hydrogen (secondary N) is 2. The van der Waals surface area contributed by atoms with Gasteiger partial charge in [0, 0.05) is 11.3 Å². The van der Waals surface area contributed by atoms with Gasteiger partial charge in [-0.1, -0.05) is 76.9 Å². The Labute approximate surface area is 248 Å². The van der Waals surface area contributed by atoms with Crippen molar-refractivity contribution in [1.82, 2.24) is 5.32 Å². The highest BCUT2D eigenvalue weighted by Gasteiger charge is 2.26. The zero-order valence-electron chi connectivity index (χ0n) is 24.9. The summed E-state index contributed by atoms with van der Waals surface area (Å²) in [6, 6.07) is 22.0. The number of para-hydroxylation sites is 1. The molecule has 3 aromatic rings. The van der Waals surface area contributed by atoms with Gasteiger partial charge in [-0.05, 0) is 72.2 Å². The van der Waals surface area contributed by atoms with Crippen molar-refractivity contribution in [1.29, 1.82) is 0 Å². The van der Waals surface area contributed by atoms with E-state index in [2.05, 4.69) is 55.6 Å². The molecule has 0 aliphatic carbocycles. The first-order valence-corrected chi connectivity index (χ1v) is 14.7. The Balaban J connectivity index is 1.38. The second kappa shape index (κ2) is 14.4. The molecule has 8 nitrogen and oxygen atoms in total. The van der Waals surface area contributed by atoms with Crippen LogP contribution in [0.2, 0.25) is 0 Å². The zero-order valence-corrected chi connectivity index (χ0v) is 24.9. The van der Waals surface area contributed by atoms with Gasteiger partial charge in [0.15, 0.2) is 6.61 Å². The van der Waals surface area contributed by atoms with Crippen LogP contribution in [0.5, 0.6) is 5.75 Å². The highest BCUT2D eigenvalue weighted by molar-refractivity contribution is 6.18. The minimum atomic E-state index is -0.421. The van der Waals surface area contributed by atoms with Gasteiger partial charge in [-0.15, -0.1) is 0 Å². The maximum absolute atomic E-state index is 12.9. The van der Waals surface area contributed by atoms with Crippen molar-refractivity contribution in [2.75, 3.05) is 16.9 Å². The van der Waals surface area contributed by atoms with Crippen molar-refractivity contribution in [2.24, 2.45) is 5.10 Å². The van der Waals surface area contributed by atoms with E-state index in [9.17, 15) is 14.4 Å². The Morgan fingerprint density at radius 1 is 0.905 bits per heavy atom. The van der Waals surface area contributed by atoms with Crippen LogP contribution in [0.3, 0.4) is 0 Å². The second-order valence-electron chi connectivity index (χ2n) is 10.8. The van der Waals surface area contributed by atoms with Crippen LogP contribution in [0.25, 0.3) is 0 Å². The number of carbonyl (C=O) groups excluding carboxylic acids is 3. The summed E-state index contributed by atoms with van der Waals surface area (Å²) in [5.41, 5.74) is 3.85. The molecule has 2 atom stereocenters. The molecule has 2 N–H and O–H groups in total. The van der Waals surface area contributed by atoms with Crippen molar-refractivity contribution in [3.63, 3.8) is 0 Å². The average Bonchev–Trinajstić information content (AvgIpc) is 3.36. The summed E-state index contributed by atoms with van der Waals surface area (Å²) in [5.74, 6) is 0.799. The number of amidine groups is 1. The van der Waals surface area contributed by atoms with E-state index in [4.69, 9.17) is 4.74 Å². The minimum Gasteiger partial charge on any atom is -0.483 e. The Kier molecular flexibility index (Phi) is 10.5. The van der Waals surface area contributed by atoms with Gasteiger partial charge in [0.2, 0.25) is 0 Å². The van der Waals surface area contributed by atoms with Crippen LogP contribution in [0.15, 0.2) is 77.9 Å². The lowest BCUT2D eigenvalue weighted by Crippen LogP contribution is -2.29. The monoisotopic (exact) mass is 568 g/mol. The molecule has 220 valence electrons. The molecule has 1 aliphatic heterocycles. The predicted octanol–water partition coefficient (Wildman–Crippen LogP) is 6.99. The van der Waals surface area contributed by atoms with Crippen LogP contribution in [0.4, 0.5) is 11.4 Å². The van der Waals surface area contributed by atoms with Crippen LogP contribution in [-0.4, -0.2) is 30.2 Å². The summed E-state index contributed by atoms with van der Waals surface area (Å²) in [6.45, 7) is 8.66. The molecule has 2 unspecified atom stereocenters. The fraction of sp³-hybridized carbons (Fsp3) is 0.353. The van der Waals surface area contributed by atoms with Gasteiger partial charge in [-0.2, -0.15) is 10.1 Å². The summed E-state index contributed by atoms with van der Waals surface area (Å²) in [7, 11) is 0. The SMILES string of the molecule is CCCC(C)c1ccc(OCC(=O)Nc2cccc(C(=O)NC3=NN(c4ccccc4)C(=O)C3)c2)c(C(C)CCC)c1. The standard InChI is InChI=1S/C34H40N4O4/c1-5-11-23(3)25-17-18-30(29(20-25)24(4)12-6-2)42-22-32(39)35-27-14-10-13-26(19-27)34(41)36-31-21-33(40)38(37-31)28-15-8-7-9-16-28/h7-10,13-20,23-24H,5-6,11-12,21-22H2,1-4H3,(H,35,39)(H,36,37,41). The third kappa shape index (κ3) is 7.84. The maximum Gasteiger partial charge on any atom is 0.262 e. The van der Waals surface area contributed by atoms with Crippen LogP contribution >= 0.6 is 0 Å². The van der Waals surface area contributed by atoms with Gasteiger partial charge in [-0.25, -0.2) is 0 Å². The Bertz CT molecular complexity index is 1440. The number of hydrazone groups is 1. The highest BCUT2D eigenvalue weighted by Crippen LogP contribution is 2.34. The molecule has 0 saturated heterocycles. The van der Waals surface area contributed by atoms with Crippen molar-refractivity contribution in [3.05, 3.63) is 89.5 Å². The summed E-state index contributed by atoms with van der Waals surface area (Å²) < 4.78 is 6.01. The van der Waals surface area contributed by atoms with E-state index in [1.807, 2.05) is 24.3 Å². The van der Waals surface area contributed by atoms with Crippen LogP contribution in [-0.2, 0) is 9.59 Å². The van der Waals surface area contributed by atoms with Crippen molar-refractivity contribution in [2.45, 2.75) is 71.6 Å². The van der Waals surface area contributed by atoms with Gasteiger partial charge < -0.3 is 15.4 Å². The van der Waals surface area contributed by atoms with Gasteiger partial charge in [-0.3, -0.25) is 14.4 Å². The molecule has 0 fully saturated rings. The Morgan fingerprint density at radius 3 is 2.38 bits per heavy atom.